The summed E-state index contributed by atoms with van der Waals surface area (Å²) in [7, 11) is 0. The standard InChI is InChI=1S/C14H21NO3/c1-10-11(7-15-12-2-3-12)6-14(18-10)9-17-13-4-5-16-8-13/h6,12-13,15H,2-5,7-9H2,1H3. The summed E-state index contributed by atoms with van der Waals surface area (Å²) in [4.78, 5) is 0. The van der Waals surface area contributed by atoms with E-state index in [2.05, 4.69) is 11.4 Å². The summed E-state index contributed by atoms with van der Waals surface area (Å²) in [6.45, 7) is 5.02. The van der Waals surface area contributed by atoms with Gasteiger partial charge in [-0.1, -0.05) is 0 Å². The van der Waals surface area contributed by atoms with Crippen LogP contribution >= 0.6 is 0 Å². The van der Waals surface area contributed by atoms with Gasteiger partial charge in [0.25, 0.3) is 0 Å². The summed E-state index contributed by atoms with van der Waals surface area (Å²) in [5.74, 6) is 1.93. The lowest BCUT2D eigenvalue weighted by Crippen LogP contribution is -2.15. The molecule has 1 aromatic heterocycles. The lowest BCUT2D eigenvalue weighted by atomic mass is 10.2. The van der Waals surface area contributed by atoms with Crippen molar-refractivity contribution in [2.45, 2.75) is 51.5 Å². The maximum atomic E-state index is 5.76. The minimum atomic E-state index is 0.239. The topological polar surface area (TPSA) is 43.6 Å². The first kappa shape index (κ1) is 12.2. The number of ether oxygens (including phenoxy) is 2. The maximum absolute atomic E-state index is 5.76. The molecule has 0 radical (unpaired) electrons. The Labute approximate surface area is 108 Å². The first-order valence-electron chi connectivity index (χ1n) is 6.82. The molecule has 100 valence electrons. The predicted octanol–water partition coefficient (Wildman–Crippen LogP) is 2.15. The minimum absolute atomic E-state index is 0.239. The van der Waals surface area contributed by atoms with Crippen LogP contribution < -0.4 is 5.32 Å². The zero-order valence-electron chi connectivity index (χ0n) is 10.9. The fraction of sp³-hybridized carbons (Fsp3) is 0.714. The molecule has 0 bridgehead atoms. The third kappa shape index (κ3) is 3.13. The molecule has 1 N–H and O–H groups in total. The number of aryl methyl sites for hydroxylation is 1. The van der Waals surface area contributed by atoms with Crippen molar-refractivity contribution in [3.8, 4) is 0 Å². The summed E-state index contributed by atoms with van der Waals surface area (Å²) in [6.07, 6.45) is 3.86. The van der Waals surface area contributed by atoms with Crippen LogP contribution in [0, 0.1) is 6.92 Å². The zero-order chi connectivity index (χ0) is 12.4. The van der Waals surface area contributed by atoms with Gasteiger partial charge in [-0.05, 0) is 32.3 Å². The van der Waals surface area contributed by atoms with E-state index in [0.717, 1.165) is 43.7 Å². The van der Waals surface area contributed by atoms with Crippen molar-refractivity contribution in [2.24, 2.45) is 0 Å². The van der Waals surface area contributed by atoms with Crippen molar-refractivity contribution < 1.29 is 13.9 Å². The van der Waals surface area contributed by atoms with Crippen LogP contribution in [-0.4, -0.2) is 25.4 Å². The Morgan fingerprint density at radius 1 is 1.39 bits per heavy atom. The van der Waals surface area contributed by atoms with Gasteiger partial charge in [0.05, 0.1) is 12.7 Å². The molecule has 1 atom stereocenters. The Bertz CT molecular complexity index is 392. The normalized spacial score (nSPS) is 23.7. The van der Waals surface area contributed by atoms with Gasteiger partial charge in [-0.15, -0.1) is 0 Å². The van der Waals surface area contributed by atoms with Crippen molar-refractivity contribution in [2.75, 3.05) is 13.2 Å². The van der Waals surface area contributed by atoms with Crippen LogP contribution in [0.15, 0.2) is 10.5 Å². The molecule has 1 aliphatic carbocycles. The lowest BCUT2D eigenvalue weighted by Gasteiger charge is -2.07. The van der Waals surface area contributed by atoms with Crippen LogP contribution in [0.3, 0.4) is 0 Å². The first-order chi connectivity index (χ1) is 8.81. The fourth-order valence-corrected chi connectivity index (χ4v) is 2.22. The van der Waals surface area contributed by atoms with E-state index in [1.807, 2.05) is 6.92 Å². The Morgan fingerprint density at radius 3 is 3.00 bits per heavy atom. The molecule has 4 heteroatoms. The van der Waals surface area contributed by atoms with Gasteiger partial charge >= 0.3 is 0 Å². The van der Waals surface area contributed by atoms with E-state index in [4.69, 9.17) is 13.9 Å². The number of hydrogen-bond donors (Lipinski definition) is 1. The van der Waals surface area contributed by atoms with Crippen molar-refractivity contribution in [1.29, 1.82) is 0 Å². The first-order valence-corrected chi connectivity index (χ1v) is 6.82. The van der Waals surface area contributed by atoms with Crippen LogP contribution in [0.5, 0.6) is 0 Å². The second-order valence-corrected chi connectivity index (χ2v) is 5.25. The van der Waals surface area contributed by atoms with Gasteiger partial charge in [0, 0.05) is 24.8 Å². The maximum Gasteiger partial charge on any atom is 0.130 e. The zero-order valence-corrected chi connectivity index (χ0v) is 10.9. The lowest BCUT2D eigenvalue weighted by molar-refractivity contribution is 0.0232. The molecule has 0 aromatic carbocycles. The molecule has 4 nitrogen and oxygen atoms in total. The third-order valence-corrected chi connectivity index (χ3v) is 3.58. The minimum Gasteiger partial charge on any atom is -0.464 e. The second-order valence-electron chi connectivity index (χ2n) is 5.25. The number of furan rings is 1. The van der Waals surface area contributed by atoms with Gasteiger partial charge < -0.3 is 19.2 Å². The van der Waals surface area contributed by atoms with E-state index in [0.29, 0.717) is 6.61 Å². The molecular formula is C14H21NO3. The van der Waals surface area contributed by atoms with Gasteiger partial charge in [0.1, 0.15) is 18.1 Å². The van der Waals surface area contributed by atoms with Crippen LogP contribution in [0.4, 0.5) is 0 Å². The molecule has 1 saturated carbocycles. The van der Waals surface area contributed by atoms with Crippen LogP contribution in [-0.2, 0) is 22.6 Å². The Kier molecular flexibility index (Phi) is 3.68. The van der Waals surface area contributed by atoms with Crippen LogP contribution in [0.25, 0.3) is 0 Å². The second kappa shape index (κ2) is 5.43. The third-order valence-electron chi connectivity index (χ3n) is 3.58. The highest BCUT2D eigenvalue weighted by atomic mass is 16.5. The van der Waals surface area contributed by atoms with Crippen LogP contribution in [0.2, 0.25) is 0 Å². The largest absolute Gasteiger partial charge is 0.464 e. The molecule has 18 heavy (non-hydrogen) atoms. The monoisotopic (exact) mass is 251 g/mol. The molecule has 1 aromatic rings. The smallest absolute Gasteiger partial charge is 0.130 e. The molecule has 1 aliphatic heterocycles. The molecule has 2 aliphatic rings. The molecule has 2 fully saturated rings. The summed E-state index contributed by atoms with van der Waals surface area (Å²) < 4.78 is 16.8. The van der Waals surface area contributed by atoms with E-state index >= 15 is 0 Å². The molecule has 2 heterocycles. The van der Waals surface area contributed by atoms with E-state index in [1.54, 1.807) is 0 Å². The number of rotatable bonds is 6. The Morgan fingerprint density at radius 2 is 2.28 bits per heavy atom. The van der Waals surface area contributed by atoms with E-state index in [9.17, 15) is 0 Å². The SMILES string of the molecule is Cc1oc(COC2CCOC2)cc1CNC1CC1. The highest BCUT2D eigenvalue weighted by Gasteiger charge is 2.21. The average Bonchev–Trinajstić information content (AvgIpc) is 2.91. The summed E-state index contributed by atoms with van der Waals surface area (Å²) >= 11 is 0. The van der Waals surface area contributed by atoms with Crippen molar-refractivity contribution in [3.05, 3.63) is 23.2 Å². The summed E-state index contributed by atoms with van der Waals surface area (Å²) in [5.41, 5.74) is 1.25. The Hall–Kier alpha value is -0.840. The van der Waals surface area contributed by atoms with Crippen molar-refractivity contribution in [1.82, 2.24) is 5.32 Å². The Balaban J connectivity index is 1.50. The predicted molar refractivity (Wildman–Crippen MR) is 67.3 cm³/mol. The molecular weight excluding hydrogens is 230 g/mol. The molecule has 0 amide bonds. The van der Waals surface area contributed by atoms with Gasteiger partial charge in [-0.25, -0.2) is 0 Å². The van der Waals surface area contributed by atoms with Gasteiger partial charge in [0.15, 0.2) is 0 Å². The van der Waals surface area contributed by atoms with E-state index in [-0.39, 0.29) is 6.10 Å². The van der Waals surface area contributed by atoms with E-state index < -0.39 is 0 Å². The summed E-state index contributed by atoms with van der Waals surface area (Å²) in [5, 5.41) is 3.50. The number of nitrogens with one attached hydrogen (secondary N) is 1. The quantitative estimate of drug-likeness (QED) is 0.841. The highest BCUT2D eigenvalue weighted by Crippen LogP contribution is 2.22. The summed E-state index contributed by atoms with van der Waals surface area (Å²) in [6, 6.07) is 2.84. The van der Waals surface area contributed by atoms with Crippen LogP contribution in [0.1, 0.15) is 36.3 Å². The highest BCUT2D eigenvalue weighted by molar-refractivity contribution is 5.20. The molecule has 3 rings (SSSR count). The molecule has 1 saturated heterocycles. The molecule has 1 unspecified atom stereocenters. The molecule has 0 spiro atoms. The van der Waals surface area contributed by atoms with Gasteiger partial charge in [0.2, 0.25) is 0 Å². The van der Waals surface area contributed by atoms with Gasteiger partial charge in [-0.2, -0.15) is 0 Å². The van der Waals surface area contributed by atoms with Gasteiger partial charge in [-0.3, -0.25) is 0 Å². The van der Waals surface area contributed by atoms with Crippen molar-refractivity contribution in [3.63, 3.8) is 0 Å². The van der Waals surface area contributed by atoms with Crippen molar-refractivity contribution >= 4 is 0 Å². The fourth-order valence-electron chi connectivity index (χ4n) is 2.22. The van der Waals surface area contributed by atoms with E-state index in [1.165, 1.54) is 18.4 Å². The number of hydrogen-bond acceptors (Lipinski definition) is 4. The average molecular weight is 251 g/mol.